The second-order valence-electron chi connectivity index (χ2n) is 40.1. The van der Waals surface area contributed by atoms with Crippen LogP contribution in [0.2, 0.25) is 40.2 Å². The molecule has 24 rings (SSSR count). The quantitative estimate of drug-likeness (QED) is 0.0619. The van der Waals surface area contributed by atoms with E-state index < -0.39 is 5.60 Å². The summed E-state index contributed by atoms with van der Waals surface area (Å²) in [5.41, 5.74) is 46.2. The number of benzene rings is 7. The summed E-state index contributed by atoms with van der Waals surface area (Å²) in [4.78, 5) is 83.9. The molecule has 10 N–H and O–H groups in total. The van der Waals surface area contributed by atoms with E-state index in [9.17, 15) is 19.8 Å². The van der Waals surface area contributed by atoms with Crippen LogP contribution in [-0.2, 0) is 40.9 Å². The first-order chi connectivity index (χ1) is 66.9. The SMILES string of the molecule is Cc1nc(N2CCC3(CC2)Cc2ccccc2[C@H]3N)c(N2CC(=O)C2)nc1-c1cccc(Cl)c1Cl.Cc1nc(N2CCC3(CC2)Cc2ccccc2[C@H]3N)c(N2CC(O)C2)nc1-c1cccc(Cl)c1Cl.Cc1nc(N2CCC3(CC2)Cc2ccccc2[C@H]3N)c(N2CCC2=O)nc1-c1cccc(Cl)c1Cl.Cc1nc(N2CCC3(CC2)Cc2ncccc2[C@H]3N)c(C2(O)CC2)nc1-c1cccc(Cl)c1Cl. The molecule has 1 amide bonds. The summed E-state index contributed by atoms with van der Waals surface area (Å²) in [6.45, 7) is 16.9. The minimum absolute atomic E-state index is 0.00519. The molecule has 7 saturated heterocycles. The molecule has 718 valence electrons. The van der Waals surface area contributed by atoms with Gasteiger partial charge >= 0.3 is 0 Å². The number of carbonyl (C=O) groups excluding carboxylic acids is 2. The van der Waals surface area contributed by atoms with Gasteiger partial charge in [0.15, 0.2) is 46.5 Å². The van der Waals surface area contributed by atoms with Crippen LogP contribution in [0.1, 0.15) is 168 Å². The van der Waals surface area contributed by atoms with Crippen molar-refractivity contribution < 1.29 is 19.8 Å². The van der Waals surface area contributed by atoms with Gasteiger partial charge < -0.3 is 62.5 Å². The van der Waals surface area contributed by atoms with Crippen LogP contribution in [0.3, 0.4) is 0 Å². The summed E-state index contributed by atoms with van der Waals surface area (Å²) in [6.07, 6.45) is 15.3. The van der Waals surface area contributed by atoms with Crippen molar-refractivity contribution in [1.82, 2.24) is 44.9 Å². The average Bonchev–Trinajstić information content (AvgIpc) is 1.60. The van der Waals surface area contributed by atoms with E-state index in [4.69, 9.17) is 156 Å². The molecule has 1 saturated carbocycles. The smallest absolute Gasteiger partial charge is 0.230 e. The number of hydrogen-bond acceptors (Lipinski definition) is 23. The van der Waals surface area contributed by atoms with Gasteiger partial charge in [-0.1, -0.05) is 220 Å². The number of fused-ring (bicyclic) bond motifs is 4. The van der Waals surface area contributed by atoms with Gasteiger partial charge in [-0.05, 0) is 209 Å². The maximum Gasteiger partial charge on any atom is 0.230 e. The number of anilines is 7. The molecular weight excluding hydrogens is 1910 g/mol. The predicted molar refractivity (Wildman–Crippen MR) is 556 cm³/mol. The summed E-state index contributed by atoms with van der Waals surface area (Å²) in [5, 5.41) is 24.9. The Morgan fingerprint density at radius 1 is 0.338 bits per heavy atom. The molecule has 4 spiro atoms. The lowest BCUT2D eigenvalue weighted by atomic mass is 9.73. The molecule has 0 bridgehead atoms. The second kappa shape index (κ2) is 37.7. The second-order valence-corrected chi connectivity index (χ2v) is 43.2. The molecule has 4 atom stereocenters. The molecule has 5 aliphatic carbocycles. The van der Waals surface area contributed by atoms with Gasteiger partial charge in [-0.3, -0.25) is 19.5 Å². The third kappa shape index (κ3) is 17.4. The van der Waals surface area contributed by atoms with Crippen LogP contribution in [0.25, 0.3) is 45.0 Å². The van der Waals surface area contributed by atoms with Crippen molar-refractivity contribution >= 4 is 145 Å². The summed E-state index contributed by atoms with van der Waals surface area (Å²) in [5.74, 6) is 5.63. The van der Waals surface area contributed by atoms with E-state index in [-0.39, 0.29) is 63.6 Å². The van der Waals surface area contributed by atoms with Crippen molar-refractivity contribution in [1.29, 1.82) is 0 Å². The Balaban J connectivity index is 0.000000110. The summed E-state index contributed by atoms with van der Waals surface area (Å²) < 4.78 is 0. The number of aryl methyl sites for hydroxylation is 4. The van der Waals surface area contributed by atoms with E-state index >= 15 is 0 Å². The minimum atomic E-state index is -0.936. The van der Waals surface area contributed by atoms with Gasteiger partial charge in [0.2, 0.25) is 5.91 Å². The van der Waals surface area contributed by atoms with Crippen molar-refractivity contribution in [2.75, 3.05) is 119 Å². The van der Waals surface area contributed by atoms with Crippen molar-refractivity contribution in [3.63, 3.8) is 0 Å². The summed E-state index contributed by atoms with van der Waals surface area (Å²) in [7, 11) is 0. The first-order valence-electron chi connectivity index (χ1n) is 48.2. The van der Waals surface area contributed by atoms with E-state index in [1.54, 1.807) is 29.2 Å². The Labute approximate surface area is 849 Å². The van der Waals surface area contributed by atoms with Gasteiger partial charge in [-0.2, -0.15) is 0 Å². The van der Waals surface area contributed by atoms with Crippen LogP contribution in [0.15, 0.2) is 164 Å². The number of rotatable bonds is 12. The van der Waals surface area contributed by atoms with Crippen molar-refractivity contribution in [3.8, 4) is 45.0 Å². The zero-order chi connectivity index (χ0) is 96.6. The van der Waals surface area contributed by atoms with Gasteiger partial charge in [0.1, 0.15) is 11.3 Å². The Morgan fingerprint density at radius 3 is 0.993 bits per heavy atom. The Bertz CT molecular complexity index is 6840. The van der Waals surface area contributed by atoms with Gasteiger partial charge in [-0.15, -0.1) is 0 Å². The highest BCUT2D eigenvalue weighted by molar-refractivity contribution is 6.45. The van der Waals surface area contributed by atoms with Gasteiger partial charge in [0, 0.05) is 137 Å². The van der Waals surface area contributed by atoms with E-state index in [1.165, 1.54) is 38.9 Å². The maximum atomic E-state index is 12.5. The van der Waals surface area contributed by atoms with Crippen LogP contribution in [-0.4, -0.2) is 158 Å². The lowest BCUT2D eigenvalue weighted by Crippen LogP contribution is -2.52. The molecule has 32 heteroatoms. The number of nitrogens with two attached hydrogens (primary N) is 4. The predicted octanol–water partition coefficient (Wildman–Crippen LogP) is 20.1. The number of aliphatic hydroxyl groups is 2. The van der Waals surface area contributed by atoms with Crippen LogP contribution in [0, 0.1) is 49.4 Å². The maximum absolute atomic E-state index is 12.5. The number of aliphatic hydroxyl groups excluding tert-OH is 1. The van der Waals surface area contributed by atoms with Crippen LogP contribution >= 0.6 is 92.8 Å². The molecule has 5 aromatic heterocycles. The number of halogens is 8. The first-order valence-corrected chi connectivity index (χ1v) is 51.2. The molecule has 24 nitrogen and oxygen atoms in total. The van der Waals surface area contributed by atoms with Gasteiger partial charge in [-0.25, -0.2) is 39.9 Å². The number of carbonyl (C=O) groups is 2. The lowest BCUT2D eigenvalue weighted by molar-refractivity contribution is -0.122. The molecule has 139 heavy (non-hydrogen) atoms. The highest BCUT2D eigenvalue weighted by atomic mass is 35.5. The molecule has 0 unspecified atom stereocenters. The van der Waals surface area contributed by atoms with Crippen LogP contribution in [0.5, 0.6) is 0 Å². The highest BCUT2D eigenvalue weighted by Gasteiger charge is 2.54. The van der Waals surface area contributed by atoms with Crippen LogP contribution in [0.4, 0.5) is 40.7 Å². The number of aromatic nitrogens is 9. The Hall–Kier alpha value is -9.97. The van der Waals surface area contributed by atoms with Crippen molar-refractivity contribution in [3.05, 3.63) is 277 Å². The zero-order valence-electron chi connectivity index (χ0n) is 78.0. The van der Waals surface area contributed by atoms with E-state index in [0.717, 1.165) is 221 Å². The minimum Gasteiger partial charge on any atom is -0.389 e. The third-order valence-electron chi connectivity index (χ3n) is 31.9. The molecule has 12 aromatic rings. The van der Waals surface area contributed by atoms with Crippen molar-refractivity contribution in [2.24, 2.45) is 44.6 Å². The molecule has 12 heterocycles. The molecular formula is C107H110Cl8N20O4. The normalized spacial score (nSPS) is 21.3. The first kappa shape index (κ1) is 95.2. The largest absolute Gasteiger partial charge is 0.389 e. The van der Waals surface area contributed by atoms with E-state index in [0.29, 0.717) is 121 Å². The third-order valence-corrected chi connectivity index (χ3v) is 35.2. The molecule has 7 aliphatic heterocycles. The number of piperidine rings is 4. The number of β-lactam (4-membered cyclic amide) rings is 1. The number of pyridine rings is 1. The number of nitrogens with zero attached hydrogens (tertiary/aromatic N) is 16. The lowest BCUT2D eigenvalue weighted by Gasteiger charge is -2.44. The van der Waals surface area contributed by atoms with Gasteiger partial charge in [0.25, 0.3) is 0 Å². The van der Waals surface area contributed by atoms with Gasteiger partial charge in [0.05, 0.1) is 105 Å². The number of ketones is 1. The highest BCUT2D eigenvalue weighted by Crippen LogP contribution is 2.58. The number of β-amino-alcohol motifs (C(OH)–C–C–N with tert-alkyl or cyclic N) is 1. The monoisotopic (exact) mass is 2020 g/mol. The van der Waals surface area contributed by atoms with E-state index in [1.807, 2.05) is 93.4 Å². The van der Waals surface area contributed by atoms with Crippen molar-refractivity contribution in [2.45, 2.75) is 160 Å². The standard InChI is InChI=1S/C27H27Cl2N5O.C27H29Cl2N5O.C27H27Cl2N5O.C26H27Cl2N5O/c1-16-23(19-7-4-8-20(28)22(19)29)32-26(34-12-9-21(34)35)25(31-16)33-13-10-27(11-14-33)15-17-5-2-3-6-18(17)24(27)30;2*1-16-23(20-7-4-8-21(28)22(20)29)32-26(34-14-18(35)15-34)25(31-16)33-11-9-27(10-12-33)13-17-5-2-3-6-19(17)24(27)30;1-15-21(17-4-2-6-18(27)20(17)28)32-23(26(34)7-8-26)24(31-15)33-12-9-25(10-13-33)14-19-16(22(25)29)5-3-11-30-19/h2-8,24H,9-15,30H2,1H3;2-8,18,24,35H,9-15,30H2,1H3;2-8,24H,9-15,30H2,1H3;2-6,11,22,34H,7-10,12-14,29H2,1H3/t3*24-;22-/m1111/s1. The Morgan fingerprint density at radius 2 is 0.655 bits per heavy atom. The number of Topliss-reactive ketones (excluding diaryl/α,β-unsaturated/α-hetero) is 1. The zero-order valence-corrected chi connectivity index (χ0v) is 84.0. The Kier molecular flexibility index (Phi) is 25.8. The summed E-state index contributed by atoms with van der Waals surface area (Å²) >= 11 is 51.2. The fourth-order valence-corrected chi connectivity index (χ4v) is 24.9. The fraction of sp³-hybridized carbons (Fsp3) is 0.393. The summed E-state index contributed by atoms with van der Waals surface area (Å²) in [6, 6.07) is 52.1. The average molecular weight is 2020 g/mol. The number of amides is 1. The topological polar surface area (TPSA) is 317 Å². The molecule has 7 aromatic carbocycles. The molecule has 8 fully saturated rings. The molecule has 12 aliphatic rings. The fourth-order valence-electron chi connectivity index (χ4n) is 23.3. The van der Waals surface area contributed by atoms with E-state index in [2.05, 4.69) is 108 Å². The number of hydrogen-bond donors (Lipinski definition) is 6. The van der Waals surface area contributed by atoms with Crippen LogP contribution < -0.4 is 57.2 Å². The molecule has 0 radical (unpaired) electrons.